The van der Waals surface area contributed by atoms with E-state index in [1.807, 2.05) is 0 Å². The number of hydrogen-bond acceptors (Lipinski definition) is 13. The van der Waals surface area contributed by atoms with Gasteiger partial charge in [0, 0.05) is 11.9 Å². The number of nitrogens with one attached hydrogen (secondary N) is 1. The Kier molecular flexibility index (Phi) is 8.31. The van der Waals surface area contributed by atoms with E-state index in [0.29, 0.717) is 0 Å². The Balaban J connectivity index is 1.84. The maximum Gasteiger partial charge on any atom is 0.410 e. The van der Waals surface area contributed by atoms with E-state index in [1.54, 1.807) is 0 Å². The lowest BCUT2D eigenvalue weighted by molar-refractivity contribution is -0.145. The molecule has 0 radical (unpaired) electrons. The first-order chi connectivity index (χ1) is 18.0. The highest BCUT2D eigenvalue weighted by atomic mass is 32.2. The SMILES string of the molecule is CC(=O)C(C)(C)ON=C(C(=O)NC1C(=O)N(S(=O)(=O)O)C1CN1CC(CN=C(N)N)OC1=O)c1csc(N)n1. The normalized spacial score (nSPS) is 21.7. The molecular weight excluding hydrogens is 562 g/mol. The van der Waals surface area contributed by atoms with Crippen LogP contribution in [0, 0.1) is 0 Å². The first kappa shape index (κ1) is 29.5. The van der Waals surface area contributed by atoms with Crippen LogP contribution in [0.5, 0.6) is 0 Å². The molecule has 3 unspecified atom stereocenters. The number of Topliss-reactive ketones (excluding diaryl/α,β-unsaturated/α-hetero) is 1. The van der Waals surface area contributed by atoms with Gasteiger partial charge < -0.3 is 37.0 Å². The molecule has 39 heavy (non-hydrogen) atoms. The van der Waals surface area contributed by atoms with E-state index < -0.39 is 70.0 Å². The number of aromatic nitrogens is 1. The minimum Gasteiger partial charge on any atom is -0.442 e. The Morgan fingerprint density at radius 2 is 2.03 bits per heavy atom. The second kappa shape index (κ2) is 11.0. The van der Waals surface area contributed by atoms with Gasteiger partial charge in [-0.3, -0.25) is 18.9 Å². The molecule has 2 aliphatic rings. The fourth-order valence-corrected chi connectivity index (χ4v) is 4.85. The lowest BCUT2D eigenvalue weighted by Gasteiger charge is -2.45. The quantitative estimate of drug-likeness (QED) is 0.0583. The summed E-state index contributed by atoms with van der Waals surface area (Å²) in [6, 6.07) is -2.94. The number of carbonyl (C=O) groups is 4. The molecular formula is C19H27N9O9S2. The number of rotatable bonds is 11. The van der Waals surface area contributed by atoms with Crippen molar-refractivity contribution in [3.63, 3.8) is 0 Å². The summed E-state index contributed by atoms with van der Waals surface area (Å²) in [6.07, 6.45) is -1.62. The molecule has 0 aliphatic carbocycles. The highest BCUT2D eigenvalue weighted by Crippen LogP contribution is 2.27. The topological polar surface area (TPSA) is 275 Å². The number of guanidine groups is 1. The maximum atomic E-state index is 13.2. The average Bonchev–Trinajstić information content (AvgIpc) is 3.39. The van der Waals surface area contributed by atoms with Crippen molar-refractivity contribution in [2.75, 3.05) is 25.4 Å². The third-order valence-corrected chi connectivity index (χ3v) is 7.35. The summed E-state index contributed by atoms with van der Waals surface area (Å²) < 4.78 is 38.6. The molecule has 3 amide bonds. The fourth-order valence-electron chi connectivity index (χ4n) is 3.43. The highest BCUT2D eigenvalue weighted by Gasteiger charge is 2.55. The summed E-state index contributed by atoms with van der Waals surface area (Å²) in [7, 11) is -5.06. The van der Waals surface area contributed by atoms with Crippen molar-refractivity contribution in [3.8, 4) is 0 Å². The van der Waals surface area contributed by atoms with E-state index >= 15 is 0 Å². The van der Waals surface area contributed by atoms with Gasteiger partial charge in [0.2, 0.25) is 0 Å². The van der Waals surface area contributed by atoms with E-state index in [1.165, 1.54) is 26.2 Å². The maximum absolute atomic E-state index is 13.2. The molecule has 214 valence electrons. The molecule has 2 fully saturated rings. The monoisotopic (exact) mass is 589 g/mol. The molecule has 3 atom stereocenters. The number of carbonyl (C=O) groups excluding carboxylic acids is 4. The summed E-state index contributed by atoms with van der Waals surface area (Å²) in [5.74, 6) is -2.85. The average molecular weight is 590 g/mol. The van der Waals surface area contributed by atoms with E-state index in [0.717, 1.165) is 16.2 Å². The van der Waals surface area contributed by atoms with E-state index in [-0.39, 0.29) is 34.2 Å². The Morgan fingerprint density at radius 1 is 1.36 bits per heavy atom. The van der Waals surface area contributed by atoms with Crippen molar-refractivity contribution < 1.29 is 41.7 Å². The Hall–Kier alpha value is -4.04. The van der Waals surface area contributed by atoms with E-state index in [2.05, 4.69) is 20.4 Å². The molecule has 1 aromatic rings. The number of nitrogen functional groups attached to an aromatic ring is 1. The van der Waals surface area contributed by atoms with Crippen molar-refractivity contribution in [1.29, 1.82) is 0 Å². The zero-order valence-electron chi connectivity index (χ0n) is 20.9. The third-order valence-electron chi connectivity index (χ3n) is 5.73. The molecule has 1 aromatic heterocycles. The van der Waals surface area contributed by atoms with Crippen LogP contribution in [-0.2, 0) is 34.3 Å². The van der Waals surface area contributed by atoms with Crippen molar-refractivity contribution in [1.82, 2.24) is 19.5 Å². The Bertz CT molecular complexity index is 1340. The second-order valence-electron chi connectivity index (χ2n) is 8.98. The molecule has 20 heteroatoms. The van der Waals surface area contributed by atoms with Crippen molar-refractivity contribution in [2.45, 2.75) is 44.6 Å². The number of nitrogens with two attached hydrogens (primary N) is 3. The van der Waals surface area contributed by atoms with Crippen LogP contribution in [0.4, 0.5) is 9.93 Å². The lowest BCUT2D eigenvalue weighted by Crippen LogP contribution is -2.74. The van der Waals surface area contributed by atoms with Gasteiger partial charge in [0.25, 0.3) is 11.8 Å². The van der Waals surface area contributed by atoms with Gasteiger partial charge in [0.05, 0.1) is 19.1 Å². The van der Waals surface area contributed by atoms with Crippen LogP contribution in [0.3, 0.4) is 0 Å². The first-order valence-electron chi connectivity index (χ1n) is 11.1. The van der Waals surface area contributed by atoms with Crippen molar-refractivity contribution >= 4 is 62.1 Å². The number of cyclic esters (lactones) is 1. The highest BCUT2D eigenvalue weighted by molar-refractivity contribution is 7.84. The van der Waals surface area contributed by atoms with Crippen LogP contribution in [-0.4, -0.2) is 106 Å². The van der Waals surface area contributed by atoms with Gasteiger partial charge in [-0.25, -0.2) is 19.1 Å². The summed E-state index contributed by atoms with van der Waals surface area (Å²) >= 11 is 0.974. The molecule has 0 aromatic carbocycles. The molecule has 8 N–H and O–H groups in total. The van der Waals surface area contributed by atoms with Crippen molar-refractivity contribution in [2.24, 2.45) is 21.6 Å². The Morgan fingerprint density at radius 3 is 2.56 bits per heavy atom. The molecule has 18 nitrogen and oxygen atoms in total. The first-order valence-corrected chi connectivity index (χ1v) is 13.4. The Labute approximate surface area is 226 Å². The van der Waals surface area contributed by atoms with Gasteiger partial charge in [0.15, 0.2) is 28.2 Å². The molecule has 0 spiro atoms. The number of ether oxygens (including phenoxy) is 1. The third kappa shape index (κ3) is 6.70. The number of ketones is 1. The van der Waals surface area contributed by atoms with Gasteiger partial charge in [-0.2, -0.15) is 8.42 Å². The standard InChI is InChI=1S/C19H27N9O9S2/c1-8(29)19(2,3)37-26-12(10-7-38-17(22)24-10)14(30)25-13-11(28(15(13)31)39(33,34)35)6-27-5-9(36-18(27)32)4-23-16(20)21/h7,9,11,13H,4-6H2,1-3H3,(H2,22,24)(H,25,30)(H4,20,21,23)(H,33,34,35). The number of oxime groups is 1. The minimum atomic E-state index is -5.06. The number of hydrogen-bond donors (Lipinski definition) is 5. The predicted molar refractivity (Wildman–Crippen MR) is 136 cm³/mol. The van der Waals surface area contributed by atoms with Gasteiger partial charge in [-0.15, -0.1) is 11.3 Å². The number of amides is 3. The van der Waals surface area contributed by atoms with Gasteiger partial charge in [-0.05, 0) is 20.8 Å². The number of nitrogens with zero attached hydrogens (tertiary/aromatic N) is 5. The van der Waals surface area contributed by atoms with E-state index in [4.69, 9.17) is 26.8 Å². The zero-order chi connectivity index (χ0) is 29.3. The van der Waals surface area contributed by atoms with Crippen LogP contribution in [0.1, 0.15) is 26.5 Å². The van der Waals surface area contributed by atoms with Gasteiger partial charge in [0.1, 0.15) is 17.8 Å². The molecule has 2 saturated heterocycles. The van der Waals surface area contributed by atoms with Crippen LogP contribution >= 0.6 is 11.3 Å². The largest absolute Gasteiger partial charge is 0.442 e. The van der Waals surface area contributed by atoms with Crippen molar-refractivity contribution in [3.05, 3.63) is 11.1 Å². The number of thiazole rings is 1. The summed E-state index contributed by atoms with van der Waals surface area (Å²) in [5, 5.41) is 7.52. The van der Waals surface area contributed by atoms with Crippen LogP contribution in [0.15, 0.2) is 15.5 Å². The molecule has 0 bridgehead atoms. The van der Waals surface area contributed by atoms with Crippen LogP contribution in [0.2, 0.25) is 0 Å². The van der Waals surface area contributed by atoms with Crippen LogP contribution in [0.25, 0.3) is 0 Å². The van der Waals surface area contributed by atoms with E-state index in [9.17, 15) is 32.1 Å². The molecule has 2 aliphatic heterocycles. The molecule has 0 saturated carbocycles. The summed E-state index contributed by atoms with van der Waals surface area (Å²) in [5.41, 5.74) is 14.3. The van der Waals surface area contributed by atoms with Crippen LogP contribution < -0.4 is 22.5 Å². The van der Waals surface area contributed by atoms with Gasteiger partial charge >= 0.3 is 16.4 Å². The number of β-lactam (4-membered cyclic amide) rings is 1. The smallest absolute Gasteiger partial charge is 0.410 e. The fraction of sp³-hybridized carbons (Fsp3) is 0.526. The minimum absolute atomic E-state index is 0.0463. The lowest BCUT2D eigenvalue weighted by atomic mass is 9.97. The zero-order valence-corrected chi connectivity index (χ0v) is 22.6. The second-order valence-corrected chi connectivity index (χ2v) is 11.2. The number of anilines is 1. The van der Waals surface area contributed by atoms with Gasteiger partial charge in [-0.1, -0.05) is 5.16 Å². The molecule has 3 heterocycles. The summed E-state index contributed by atoms with van der Waals surface area (Å²) in [6.45, 7) is 3.49. The number of aliphatic imine (C=N–C) groups is 1. The predicted octanol–water partition coefficient (Wildman–Crippen LogP) is -2.59. The summed E-state index contributed by atoms with van der Waals surface area (Å²) in [4.78, 5) is 64.0. The molecule has 3 rings (SSSR count).